The first kappa shape index (κ1) is 17.4. The molecular weight excluding hydrogens is 364 g/mol. The van der Waals surface area contributed by atoms with Crippen molar-refractivity contribution in [2.75, 3.05) is 18.4 Å². The Morgan fingerprint density at radius 1 is 1.26 bits per heavy atom. The summed E-state index contributed by atoms with van der Waals surface area (Å²) in [5.74, 6) is -0.346. The number of hydrogen-bond donors (Lipinski definition) is 1. The van der Waals surface area contributed by atoms with E-state index in [4.69, 9.17) is 4.42 Å². The van der Waals surface area contributed by atoms with Gasteiger partial charge in [0, 0.05) is 29.7 Å². The summed E-state index contributed by atoms with van der Waals surface area (Å²) in [6.07, 6.45) is 4.16. The molecule has 0 unspecified atom stereocenters. The largest absolute Gasteiger partial charge is 0.438 e. The summed E-state index contributed by atoms with van der Waals surface area (Å²) in [5, 5.41) is 4.93. The molecule has 1 fully saturated rings. The Balaban J connectivity index is 1.38. The van der Waals surface area contributed by atoms with Gasteiger partial charge < -0.3 is 14.6 Å². The average Bonchev–Trinajstić information content (AvgIpc) is 3.42. The molecule has 0 radical (unpaired) electrons. The number of oxazole rings is 1. The molecule has 0 aliphatic carbocycles. The van der Waals surface area contributed by atoms with Crippen LogP contribution >= 0.6 is 11.3 Å². The van der Waals surface area contributed by atoms with Crippen molar-refractivity contribution in [3.63, 3.8) is 0 Å². The second-order valence-electron chi connectivity index (χ2n) is 6.40. The van der Waals surface area contributed by atoms with Gasteiger partial charge in [0.05, 0.1) is 23.3 Å². The zero-order chi connectivity index (χ0) is 18.6. The van der Waals surface area contributed by atoms with Gasteiger partial charge in [-0.05, 0) is 25.0 Å². The maximum Gasteiger partial charge on any atom is 0.291 e. The zero-order valence-corrected chi connectivity index (χ0v) is 15.3. The third-order valence-electron chi connectivity index (χ3n) is 4.60. The Bertz CT molecular complexity index is 907. The molecule has 1 N–H and O–H groups in total. The molecule has 4 rings (SSSR count). The van der Waals surface area contributed by atoms with Crippen LogP contribution in [-0.4, -0.2) is 39.8 Å². The van der Waals surface area contributed by atoms with Gasteiger partial charge in [0.15, 0.2) is 6.39 Å². The number of amides is 2. The molecule has 0 spiro atoms. The molecule has 3 heterocycles. The Morgan fingerprint density at radius 3 is 2.81 bits per heavy atom. The molecule has 0 saturated carbocycles. The van der Waals surface area contributed by atoms with Crippen molar-refractivity contribution in [3.05, 3.63) is 53.5 Å². The van der Waals surface area contributed by atoms with Gasteiger partial charge in [-0.1, -0.05) is 12.1 Å². The number of thiazole rings is 1. The number of carbonyl (C=O) groups excluding carboxylic acids is 2. The number of aromatic nitrogens is 2. The number of carbonyl (C=O) groups is 2. The zero-order valence-electron chi connectivity index (χ0n) is 14.5. The van der Waals surface area contributed by atoms with Crippen LogP contribution < -0.4 is 5.32 Å². The monoisotopic (exact) mass is 382 g/mol. The lowest BCUT2D eigenvalue weighted by atomic mass is 9.96. The predicted octanol–water partition coefficient (Wildman–Crippen LogP) is 3.29. The van der Waals surface area contributed by atoms with Crippen molar-refractivity contribution in [1.82, 2.24) is 14.9 Å². The molecule has 1 aliphatic rings. The molecule has 7 nitrogen and oxygen atoms in total. The van der Waals surface area contributed by atoms with Crippen molar-refractivity contribution in [3.8, 4) is 11.3 Å². The molecule has 1 atom stereocenters. The number of benzene rings is 1. The second-order valence-corrected chi connectivity index (χ2v) is 7.11. The van der Waals surface area contributed by atoms with Gasteiger partial charge in [0.25, 0.3) is 5.91 Å². The van der Waals surface area contributed by atoms with E-state index in [0.717, 1.165) is 29.8 Å². The lowest BCUT2D eigenvalue weighted by Crippen LogP contribution is -2.43. The summed E-state index contributed by atoms with van der Waals surface area (Å²) in [7, 11) is 0. The van der Waals surface area contributed by atoms with Crippen molar-refractivity contribution >= 4 is 28.8 Å². The molecule has 3 aromatic rings. The molecule has 0 bridgehead atoms. The van der Waals surface area contributed by atoms with Crippen LogP contribution in [0.2, 0.25) is 0 Å². The number of nitrogens with zero attached hydrogens (tertiary/aromatic N) is 3. The van der Waals surface area contributed by atoms with E-state index >= 15 is 0 Å². The van der Waals surface area contributed by atoms with Gasteiger partial charge in [0.2, 0.25) is 11.7 Å². The SMILES string of the molecule is O=C(Nc1ccc(-c2cscn2)cc1)[C@@H]1CCCN(C(=O)c2cnco2)C1. The van der Waals surface area contributed by atoms with E-state index in [1.54, 1.807) is 21.7 Å². The van der Waals surface area contributed by atoms with Crippen molar-refractivity contribution in [2.24, 2.45) is 5.92 Å². The summed E-state index contributed by atoms with van der Waals surface area (Å²) >= 11 is 1.55. The fraction of sp³-hybridized carbons (Fsp3) is 0.263. The highest BCUT2D eigenvalue weighted by Gasteiger charge is 2.30. The molecule has 8 heteroatoms. The molecule has 138 valence electrons. The molecule has 2 amide bonds. The highest BCUT2D eigenvalue weighted by molar-refractivity contribution is 7.07. The van der Waals surface area contributed by atoms with Gasteiger partial charge in [-0.3, -0.25) is 9.59 Å². The van der Waals surface area contributed by atoms with Crippen LogP contribution in [0.15, 0.2) is 52.2 Å². The van der Waals surface area contributed by atoms with Crippen LogP contribution in [-0.2, 0) is 4.79 Å². The molecule has 1 saturated heterocycles. The standard InChI is InChI=1S/C19H18N4O3S/c24-18(22-15-5-3-13(4-6-15)16-10-27-12-21-16)14-2-1-7-23(9-14)19(25)17-8-20-11-26-17/h3-6,8,10-12,14H,1-2,7,9H2,(H,22,24)/t14-/m1/s1. The van der Waals surface area contributed by atoms with Gasteiger partial charge in [-0.25, -0.2) is 9.97 Å². The van der Waals surface area contributed by atoms with Crippen molar-refractivity contribution < 1.29 is 14.0 Å². The first-order chi connectivity index (χ1) is 13.2. The minimum absolute atomic E-state index is 0.0773. The normalized spacial score (nSPS) is 16.9. The number of rotatable bonds is 4. The van der Waals surface area contributed by atoms with E-state index in [0.29, 0.717) is 13.1 Å². The summed E-state index contributed by atoms with van der Waals surface area (Å²) in [5.41, 5.74) is 4.46. The topological polar surface area (TPSA) is 88.3 Å². The van der Waals surface area contributed by atoms with Crippen LogP contribution in [0.5, 0.6) is 0 Å². The lowest BCUT2D eigenvalue weighted by molar-refractivity contribution is -0.121. The highest BCUT2D eigenvalue weighted by Crippen LogP contribution is 2.23. The van der Waals surface area contributed by atoms with E-state index in [1.165, 1.54) is 12.6 Å². The van der Waals surface area contributed by atoms with Gasteiger partial charge in [-0.15, -0.1) is 11.3 Å². The number of nitrogens with one attached hydrogen (secondary N) is 1. The Morgan fingerprint density at radius 2 is 2.11 bits per heavy atom. The first-order valence-electron chi connectivity index (χ1n) is 8.68. The van der Waals surface area contributed by atoms with Crippen LogP contribution in [0.25, 0.3) is 11.3 Å². The van der Waals surface area contributed by atoms with E-state index in [-0.39, 0.29) is 23.5 Å². The summed E-state index contributed by atoms with van der Waals surface area (Å²) in [4.78, 5) is 34.7. The second kappa shape index (κ2) is 7.71. The number of anilines is 1. The quantitative estimate of drug-likeness (QED) is 0.748. The minimum atomic E-state index is -0.246. The molecule has 1 aliphatic heterocycles. The Labute approximate surface area is 160 Å². The summed E-state index contributed by atoms with van der Waals surface area (Å²) in [6.45, 7) is 0.994. The molecule has 1 aromatic carbocycles. The fourth-order valence-corrected chi connectivity index (χ4v) is 3.74. The third-order valence-corrected chi connectivity index (χ3v) is 5.19. The smallest absolute Gasteiger partial charge is 0.291 e. The maximum atomic E-state index is 12.6. The molecule has 2 aromatic heterocycles. The fourth-order valence-electron chi connectivity index (χ4n) is 3.18. The third kappa shape index (κ3) is 3.90. The van der Waals surface area contributed by atoms with E-state index in [9.17, 15) is 9.59 Å². The molecular formula is C19H18N4O3S. The predicted molar refractivity (Wildman–Crippen MR) is 101 cm³/mol. The van der Waals surface area contributed by atoms with Crippen LogP contribution in [0.3, 0.4) is 0 Å². The van der Waals surface area contributed by atoms with E-state index in [1.807, 2.05) is 29.6 Å². The minimum Gasteiger partial charge on any atom is -0.438 e. The van der Waals surface area contributed by atoms with Crippen LogP contribution in [0.4, 0.5) is 5.69 Å². The lowest BCUT2D eigenvalue weighted by Gasteiger charge is -2.31. The van der Waals surface area contributed by atoms with E-state index in [2.05, 4.69) is 15.3 Å². The van der Waals surface area contributed by atoms with E-state index < -0.39 is 0 Å². The van der Waals surface area contributed by atoms with Gasteiger partial charge in [0.1, 0.15) is 0 Å². The average molecular weight is 382 g/mol. The first-order valence-corrected chi connectivity index (χ1v) is 9.62. The maximum absolute atomic E-state index is 12.6. The van der Waals surface area contributed by atoms with Gasteiger partial charge >= 0.3 is 0 Å². The number of piperidine rings is 1. The summed E-state index contributed by atoms with van der Waals surface area (Å²) < 4.78 is 5.07. The van der Waals surface area contributed by atoms with Crippen LogP contribution in [0.1, 0.15) is 23.4 Å². The Hall–Kier alpha value is -3.00. The van der Waals surface area contributed by atoms with Crippen molar-refractivity contribution in [2.45, 2.75) is 12.8 Å². The molecule has 27 heavy (non-hydrogen) atoms. The Kier molecular flexibility index (Phi) is 4.97. The highest BCUT2D eigenvalue weighted by atomic mass is 32.1. The summed E-state index contributed by atoms with van der Waals surface area (Å²) in [6, 6.07) is 7.61. The number of likely N-dealkylation sites (tertiary alicyclic amines) is 1. The number of hydrogen-bond acceptors (Lipinski definition) is 6. The van der Waals surface area contributed by atoms with Gasteiger partial charge in [-0.2, -0.15) is 0 Å². The van der Waals surface area contributed by atoms with Crippen molar-refractivity contribution in [1.29, 1.82) is 0 Å². The van der Waals surface area contributed by atoms with Crippen LogP contribution in [0, 0.1) is 5.92 Å².